The van der Waals surface area contributed by atoms with Gasteiger partial charge in [0.25, 0.3) is 10.0 Å². The third-order valence-corrected chi connectivity index (χ3v) is 3.98. The van der Waals surface area contributed by atoms with Crippen LogP contribution >= 0.6 is 11.6 Å². The highest BCUT2D eigenvalue weighted by Crippen LogP contribution is 2.25. The van der Waals surface area contributed by atoms with Gasteiger partial charge in [-0.2, -0.15) is 0 Å². The van der Waals surface area contributed by atoms with Gasteiger partial charge in [-0.25, -0.2) is 21.6 Å². The Morgan fingerprint density at radius 1 is 0.950 bits per heavy atom. The lowest BCUT2D eigenvalue weighted by Gasteiger charge is -2.10. The van der Waals surface area contributed by atoms with Crippen LogP contribution in [0, 0.1) is 17.5 Å². The van der Waals surface area contributed by atoms with Crippen LogP contribution in [-0.2, 0) is 10.0 Å². The van der Waals surface area contributed by atoms with Gasteiger partial charge in [0, 0.05) is 5.02 Å². The molecule has 2 aromatic rings. The number of anilines is 1. The molecule has 106 valence electrons. The summed E-state index contributed by atoms with van der Waals surface area (Å²) in [6.45, 7) is 0. The Hall–Kier alpha value is -1.73. The summed E-state index contributed by atoms with van der Waals surface area (Å²) in [5, 5.41) is -0.0271. The van der Waals surface area contributed by atoms with Crippen molar-refractivity contribution >= 4 is 27.3 Å². The van der Waals surface area contributed by atoms with Gasteiger partial charge in [-0.3, -0.25) is 4.72 Å². The minimum Gasteiger partial charge on any atom is -0.274 e. The van der Waals surface area contributed by atoms with Crippen molar-refractivity contribution in [2.24, 2.45) is 0 Å². The molecule has 2 aromatic carbocycles. The van der Waals surface area contributed by atoms with E-state index in [1.807, 2.05) is 0 Å². The number of hydrogen-bond acceptors (Lipinski definition) is 2. The van der Waals surface area contributed by atoms with E-state index in [-0.39, 0.29) is 5.02 Å². The summed E-state index contributed by atoms with van der Waals surface area (Å²) >= 11 is 5.58. The third kappa shape index (κ3) is 2.88. The Kier molecular flexibility index (Phi) is 3.92. The van der Waals surface area contributed by atoms with E-state index in [9.17, 15) is 21.6 Å². The maximum atomic E-state index is 13.5. The molecular weight excluding hydrogens is 315 g/mol. The van der Waals surface area contributed by atoms with Gasteiger partial charge < -0.3 is 0 Å². The topological polar surface area (TPSA) is 46.2 Å². The SMILES string of the molecule is O=S(=O)(Nc1c(F)cccc1F)c1cc(Cl)ccc1F. The Balaban J connectivity index is 2.49. The second-order valence-electron chi connectivity index (χ2n) is 3.78. The highest BCUT2D eigenvalue weighted by Gasteiger charge is 2.22. The number of sulfonamides is 1. The van der Waals surface area contributed by atoms with Gasteiger partial charge >= 0.3 is 0 Å². The van der Waals surface area contributed by atoms with E-state index in [2.05, 4.69) is 0 Å². The molecule has 0 heterocycles. The quantitative estimate of drug-likeness (QED) is 0.939. The molecule has 1 N–H and O–H groups in total. The van der Waals surface area contributed by atoms with Crippen LogP contribution in [0.25, 0.3) is 0 Å². The summed E-state index contributed by atoms with van der Waals surface area (Å²) in [4.78, 5) is -0.798. The molecule has 20 heavy (non-hydrogen) atoms. The molecule has 0 fully saturated rings. The average Bonchev–Trinajstić information content (AvgIpc) is 2.37. The number of nitrogens with one attached hydrogen (secondary N) is 1. The molecule has 0 bridgehead atoms. The first-order valence-corrected chi connectivity index (χ1v) is 7.09. The largest absolute Gasteiger partial charge is 0.274 e. The summed E-state index contributed by atoms with van der Waals surface area (Å²) in [5.41, 5.74) is -0.883. The highest BCUT2D eigenvalue weighted by molar-refractivity contribution is 7.92. The lowest BCUT2D eigenvalue weighted by Crippen LogP contribution is -2.16. The summed E-state index contributed by atoms with van der Waals surface area (Å²) in [6, 6.07) is 5.65. The summed E-state index contributed by atoms with van der Waals surface area (Å²) in [5.74, 6) is -3.31. The molecule has 0 saturated carbocycles. The zero-order valence-electron chi connectivity index (χ0n) is 9.70. The van der Waals surface area contributed by atoms with E-state index in [0.717, 1.165) is 36.4 Å². The molecule has 0 spiro atoms. The Morgan fingerprint density at radius 2 is 1.55 bits per heavy atom. The zero-order valence-corrected chi connectivity index (χ0v) is 11.3. The number of rotatable bonds is 3. The molecule has 0 aromatic heterocycles. The van der Waals surface area contributed by atoms with Crippen LogP contribution in [0.3, 0.4) is 0 Å². The Labute approximate surface area is 118 Å². The molecule has 3 nitrogen and oxygen atoms in total. The maximum Gasteiger partial charge on any atom is 0.265 e. The van der Waals surface area contributed by atoms with Crippen LogP contribution in [0.4, 0.5) is 18.9 Å². The summed E-state index contributed by atoms with van der Waals surface area (Å²) in [6.07, 6.45) is 0. The van der Waals surface area contributed by atoms with E-state index in [0.29, 0.717) is 0 Å². The minimum atomic E-state index is -4.50. The van der Waals surface area contributed by atoms with E-state index in [1.165, 1.54) is 0 Å². The van der Waals surface area contributed by atoms with Crippen molar-refractivity contribution in [1.29, 1.82) is 0 Å². The monoisotopic (exact) mass is 321 g/mol. The number of halogens is 4. The zero-order chi connectivity index (χ0) is 14.9. The molecule has 0 aliphatic heterocycles. The van der Waals surface area contributed by atoms with Crippen LogP contribution in [0.1, 0.15) is 0 Å². The second kappa shape index (κ2) is 5.34. The fourth-order valence-electron chi connectivity index (χ4n) is 1.47. The predicted octanol–water partition coefficient (Wildman–Crippen LogP) is 3.56. The molecule has 0 aliphatic rings. The van der Waals surface area contributed by atoms with Gasteiger partial charge in [0.2, 0.25) is 0 Å². The van der Waals surface area contributed by atoms with Gasteiger partial charge in [-0.15, -0.1) is 0 Å². The van der Waals surface area contributed by atoms with Gasteiger partial charge in [0.15, 0.2) is 0 Å². The normalized spacial score (nSPS) is 11.4. The van der Waals surface area contributed by atoms with Crippen molar-refractivity contribution < 1.29 is 21.6 Å². The van der Waals surface area contributed by atoms with Crippen LogP contribution in [0.15, 0.2) is 41.3 Å². The standard InChI is InChI=1S/C12H7ClF3NO2S/c13-7-4-5-8(14)11(6-7)20(18,19)17-12-9(15)2-1-3-10(12)16/h1-6,17H. The molecule has 0 amide bonds. The van der Waals surface area contributed by atoms with E-state index in [4.69, 9.17) is 11.6 Å². The summed E-state index contributed by atoms with van der Waals surface area (Å²) in [7, 11) is -4.50. The lowest BCUT2D eigenvalue weighted by molar-refractivity contribution is 0.566. The fraction of sp³-hybridized carbons (Fsp3) is 0. The van der Waals surface area contributed by atoms with Crippen molar-refractivity contribution in [1.82, 2.24) is 0 Å². The highest BCUT2D eigenvalue weighted by atomic mass is 35.5. The molecule has 0 radical (unpaired) electrons. The van der Waals surface area contributed by atoms with Crippen molar-refractivity contribution in [2.75, 3.05) is 4.72 Å². The Morgan fingerprint density at radius 3 is 2.15 bits per heavy atom. The van der Waals surface area contributed by atoms with Crippen molar-refractivity contribution in [3.05, 3.63) is 58.9 Å². The number of para-hydroxylation sites is 1. The van der Waals surface area contributed by atoms with E-state index >= 15 is 0 Å². The molecular formula is C12H7ClF3NO2S. The first-order valence-electron chi connectivity index (χ1n) is 5.23. The molecule has 0 aliphatic carbocycles. The average molecular weight is 322 g/mol. The smallest absolute Gasteiger partial charge is 0.265 e. The molecule has 0 atom stereocenters. The lowest BCUT2D eigenvalue weighted by atomic mass is 10.3. The van der Waals surface area contributed by atoms with Crippen LogP contribution in [0.2, 0.25) is 5.02 Å². The van der Waals surface area contributed by atoms with Crippen molar-refractivity contribution in [3.63, 3.8) is 0 Å². The molecule has 8 heteroatoms. The minimum absolute atomic E-state index is 0.0271. The van der Waals surface area contributed by atoms with Gasteiger partial charge in [-0.1, -0.05) is 17.7 Å². The predicted molar refractivity (Wildman–Crippen MR) is 68.6 cm³/mol. The first-order chi connectivity index (χ1) is 9.31. The maximum absolute atomic E-state index is 13.5. The van der Waals surface area contributed by atoms with Crippen molar-refractivity contribution in [3.8, 4) is 0 Å². The van der Waals surface area contributed by atoms with Gasteiger partial charge in [0.1, 0.15) is 28.0 Å². The van der Waals surface area contributed by atoms with Gasteiger partial charge in [0.05, 0.1) is 0 Å². The van der Waals surface area contributed by atoms with Crippen LogP contribution < -0.4 is 4.72 Å². The number of hydrogen-bond donors (Lipinski definition) is 1. The molecule has 0 saturated heterocycles. The first kappa shape index (κ1) is 14.7. The Bertz CT molecular complexity index is 745. The molecule has 2 rings (SSSR count). The third-order valence-electron chi connectivity index (χ3n) is 2.38. The molecule has 0 unspecified atom stereocenters. The fourth-order valence-corrected chi connectivity index (χ4v) is 2.89. The van der Waals surface area contributed by atoms with Crippen molar-refractivity contribution in [2.45, 2.75) is 4.90 Å². The summed E-state index contributed by atoms with van der Waals surface area (Å²) < 4.78 is 65.8. The van der Waals surface area contributed by atoms with E-state index in [1.54, 1.807) is 4.72 Å². The van der Waals surface area contributed by atoms with Crippen LogP contribution in [0.5, 0.6) is 0 Å². The second-order valence-corrected chi connectivity index (χ2v) is 5.86. The van der Waals surface area contributed by atoms with Crippen LogP contribution in [-0.4, -0.2) is 8.42 Å². The van der Waals surface area contributed by atoms with E-state index < -0.39 is 38.1 Å². The number of benzene rings is 2. The van der Waals surface area contributed by atoms with Gasteiger partial charge in [-0.05, 0) is 30.3 Å².